The lowest BCUT2D eigenvalue weighted by Gasteiger charge is -2.19. The third kappa shape index (κ3) is 5.42. The first kappa shape index (κ1) is 20.7. The van der Waals surface area contributed by atoms with Crippen LogP contribution in [-0.2, 0) is 4.79 Å². The minimum atomic E-state index is -0.845. The maximum atomic E-state index is 12.3. The van der Waals surface area contributed by atoms with Crippen LogP contribution in [0.15, 0.2) is 42.5 Å². The number of carbonyl (C=O) groups is 2. The first-order chi connectivity index (χ1) is 12.7. The van der Waals surface area contributed by atoms with E-state index < -0.39 is 22.8 Å². The van der Waals surface area contributed by atoms with Crippen molar-refractivity contribution in [1.82, 2.24) is 10.6 Å². The van der Waals surface area contributed by atoms with Crippen LogP contribution in [0.1, 0.15) is 35.8 Å². The Hall–Kier alpha value is -2.64. The molecule has 2 N–H and O–H groups in total. The fourth-order valence-corrected chi connectivity index (χ4v) is 2.62. The van der Waals surface area contributed by atoms with Crippen LogP contribution in [0.5, 0.6) is 0 Å². The van der Waals surface area contributed by atoms with Crippen molar-refractivity contribution in [3.8, 4) is 0 Å². The zero-order chi connectivity index (χ0) is 20.1. The highest BCUT2D eigenvalue weighted by Crippen LogP contribution is 2.25. The Morgan fingerprint density at radius 3 is 2.37 bits per heavy atom. The van der Waals surface area contributed by atoms with Crippen molar-refractivity contribution < 1.29 is 14.5 Å². The average molecular weight is 410 g/mol. The van der Waals surface area contributed by atoms with Gasteiger partial charge in [-0.1, -0.05) is 35.3 Å². The van der Waals surface area contributed by atoms with Crippen molar-refractivity contribution in [2.45, 2.75) is 25.9 Å². The molecule has 0 saturated heterocycles. The Labute approximate surface area is 165 Å². The minimum absolute atomic E-state index is 0.0985. The third-order valence-corrected chi connectivity index (χ3v) is 4.60. The smallest absolute Gasteiger partial charge is 0.270 e. The molecule has 0 aliphatic rings. The van der Waals surface area contributed by atoms with Crippen LogP contribution in [-0.4, -0.2) is 22.8 Å². The molecule has 0 aliphatic heterocycles. The quantitative estimate of drug-likeness (QED) is 0.557. The number of benzene rings is 2. The predicted molar refractivity (Wildman–Crippen MR) is 103 cm³/mol. The van der Waals surface area contributed by atoms with Crippen LogP contribution in [0, 0.1) is 10.1 Å². The van der Waals surface area contributed by atoms with E-state index in [1.165, 1.54) is 25.1 Å². The molecule has 0 saturated carbocycles. The predicted octanol–water partition coefficient (Wildman–Crippen LogP) is 3.90. The van der Waals surface area contributed by atoms with E-state index in [2.05, 4.69) is 10.6 Å². The molecule has 2 amide bonds. The summed E-state index contributed by atoms with van der Waals surface area (Å²) >= 11 is 11.9. The monoisotopic (exact) mass is 409 g/mol. The van der Waals surface area contributed by atoms with Crippen LogP contribution >= 0.6 is 23.2 Å². The molecule has 7 nitrogen and oxygen atoms in total. The summed E-state index contributed by atoms with van der Waals surface area (Å²) in [6, 6.07) is 9.10. The van der Waals surface area contributed by atoms with Gasteiger partial charge in [-0.05, 0) is 37.6 Å². The van der Waals surface area contributed by atoms with Gasteiger partial charge in [-0.15, -0.1) is 0 Å². The van der Waals surface area contributed by atoms with Gasteiger partial charge in [0.1, 0.15) is 6.04 Å². The highest BCUT2D eigenvalue weighted by Gasteiger charge is 2.20. The van der Waals surface area contributed by atoms with E-state index in [1.54, 1.807) is 25.1 Å². The van der Waals surface area contributed by atoms with Crippen LogP contribution in [0.3, 0.4) is 0 Å². The van der Waals surface area contributed by atoms with Crippen molar-refractivity contribution in [2.24, 2.45) is 0 Å². The van der Waals surface area contributed by atoms with Crippen molar-refractivity contribution in [3.05, 3.63) is 73.8 Å². The maximum Gasteiger partial charge on any atom is 0.270 e. The molecule has 0 aliphatic carbocycles. The Morgan fingerprint density at radius 1 is 1.04 bits per heavy atom. The van der Waals surface area contributed by atoms with Gasteiger partial charge in [-0.3, -0.25) is 19.7 Å². The van der Waals surface area contributed by atoms with Crippen molar-refractivity contribution in [3.63, 3.8) is 0 Å². The highest BCUT2D eigenvalue weighted by atomic mass is 35.5. The molecule has 0 aromatic heterocycles. The van der Waals surface area contributed by atoms with Gasteiger partial charge in [0.2, 0.25) is 5.91 Å². The zero-order valence-corrected chi connectivity index (χ0v) is 16.0. The lowest BCUT2D eigenvalue weighted by molar-refractivity contribution is -0.384. The van der Waals surface area contributed by atoms with Crippen molar-refractivity contribution >= 4 is 40.7 Å². The summed E-state index contributed by atoms with van der Waals surface area (Å²) in [5.74, 6) is -0.990. The van der Waals surface area contributed by atoms with Gasteiger partial charge in [0.15, 0.2) is 0 Å². The second-order valence-corrected chi connectivity index (χ2v) is 6.72. The van der Waals surface area contributed by atoms with Crippen molar-refractivity contribution in [1.29, 1.82) is 0 Å². The summed E-state index contributed by atoms with van der Waals surface area (Å²) in [7, 11) is 0. The third-order valence-electron chi connectivity index (χ3n) is 3.86. The normalized spacial score (nSPS) is 12.7. The fourth-order valence-electron chi connectivity index (χ4n) is 2.31. The largest absolute Gasteiger partial charge is 0.348 e. The molecular weight excluding hydrogens is 393 g/mol. The zero-order valence-electron chi connectivity index (χ0n) is 14.5. The molecule has 2 aromatic carbocycles. The van der Waals surface area contributed by atoms with E-state index >= 15 is 0 Å². The Kier molecular flexibility index (Phi) is 6.76. The van der Waals surface area contributed by atoms with E-state index in [4.69, 9.17) is 23.2 Å². The van der Waals surface area contributed by atoms with Gasteiger partial charge >= 0.3 is 0 Å². The molecule has 0 heterocycles. The lowest BCUT2D eigenvalue weighted by Crippen LogP contribution is -2.45. The minimum Gasteiger partial charge on any atom is -0.348 e. The number of hydrogen-bond acceptors (Lipinski definition) is 4. The number of nitro benzene ring substituents is 1. The second kappa shape index (κ2) is 8.83. The summed E-state index contributed by atoms with van der Waals surface area (Å²) in [5.41, 5.74) is 0.657. The summed E-state index contributed by atoms with van der Waals surface area (Å²) in [6.07, 6.45) is 0. The number of hydrogen-bond donors (Lipinski definition) is 2. The van der Waals surface area contributed by atoms with E-state index in [-0.39, 0.29) is 17.3 Å². The lowest BCUT2D eigenvalue weighted by atomic mass is 10.1. The Balaban J connectivity index is 2.00. The first-order valence-electron chi connectivity index (χ1n) is 7.99. The summed E-state index contributed by atoms with van der Waals surface area (Å²) in [4.78, 5) is 34.8. The topological polar surface area (TPSA) is 101 Å². The number of nitrogens with zero attached hydrogens (tertiary/aromatic N) is 1. The van der Waals surface area contributed by atoms with Gasteiger partial charge in [0, 0.05) is 17.7 Å². The number of carbonyl (C=O) groups excluding carboxylic acids is 2. The number of halogens is 2. The van der Waals surface area contributed by atoms with Crippen LogP contribution in [0.2, 0.25) is 10.0 Å². The molecular formula is C18H17Cl2N3O4. The van der Waals surface area contributed by atoms with Gasteiger partial charge < -0.3 is 10.6 Å². The molecule has 9 heteroatoms. The van der Waals surface area contributed by atoms with Crippen LogP contribution in [0.25, 0.3) is 0 Å². The summed E-state index contributed by atoms with van der Waals surface area (Å²) in [6.45, 7) is 3.29. The van der Waals surface area contributed by atoms with Crippen molar-refractivity contribution in [2.75, 3.05) is 0 Å². The van der Waals surface area contributed by atoms with E-state index in [1.807, 2.05) is 0 Å². The number of non-ortho nitro benzene ring substituents is 1. The standard InChI is InChI=1S/C18H17Cl2N3O4/c1-10(12-6-7-15(19)16(20)9-12)21-17(24)11(2)22-18(25)13-4-3-5-14(8-13)23(26)27/h3-11H,1-2H3,(H,21,24)(H,22,25). The Bertz CT molecular complexity index is 889. The Morgan fingerprint density at radius 2 is 1.74 bits per heavy atom. The number of nitrogens with one attached hydrogen (secondary N) is 2. The maximum absolute atomic E-state index is 12.3. The molecule has 142 valence electrons. The SMILES string of the molecule is CC(NC(=O)c1cccc([N+](=O)[O-])c1)C(=O)NC(C)c1ccc(Cl)c(Cl)c1. The molecule has 2 atom stereocenters. The molecule has 0 radical (unpaired) electrons. The number of rotatable bonds is 6. The molecule has 2 unspecified atom stereocenters. The van der Waals surface area contributed by atoms with Crippen LogP contribution < -0.4 is 10.6 Å². The summed E-state index contributed by atoms with van der Waals surface area (Å²) in [5, 5.41) is 16.9. The molecule has 2 aromatic rings. The van der Waals surface area contributed by atoms with Gasteiger partial charge in [-0.2, -0.15) is 0 Å². The van der Waals surface area contributed by atoms with Gasteiger partial charge in [-0.25, -0.2) is 0 Å². The molecule has 0 fully saturated rings. The first-order valence-corrected chi connectivity index (χ1v) is 8.75. The molecule has 0 spiro atoms. The highest BCUT2D eigenvalue weighted by molar-refractivity contribution is 6.42. The van der Waals surface area contributed by atoms with Crippen LogP contribution in [0.4, 0.5) is 5.69 Å². The van der Waals surface area contributed by atoms with E-state index in [0.717, 1.165) is 11.6 Å². The molecule has 27 heavy (non-hydrogen) atoms. The molecule has 0 bridgehead atoms. The van der Waals surface area contributed by atoms with Gasteiger partial charge in [0.05, 0.1) is 21.0 Å². The fraction of sp³-hybridized carbons (Fsp3) is 0.222. The number of amides is 2. The molecule has 2 rings (SSSR count). The second-order valence-electron chi connectivity index (χ2n) is 5.91. The number of nitro groups is 1. The average Bonchev–Trinajstić information content (AvgIpc) is 2.63. The van der Waals surface area contributed by atoms with Gasteiger partial charge in [0.25, 0.3) is 11.6 Å². The summed E-state index contributed by atoms with van der Waals surface area (Å²) < 4.78 is 0. The van der Waals surface area contributed by atoms with E-state index in [0.29, 0.717) is 10.0 Å². The van der Waals surface area contributed by atoms with E-state index in [9.17, 15) is 19.7 Å².